The monoisotopic (exact) mass is 449 g/mol. The van der Waals surface area contributed by atoms with Crippen molar-refractivity contribution in [3.63, 3.8) is 0 Å². The summed E-state index contributed by atoms with van der Waals surface area (Å²) >= 11 is 0. The molecule has 4 rings (SSSR count). The van der Waals surface area contributed by atoms with Gasteiger partial charge in [0.1, 0.15) is 12.6 Å². The molecule has 3 N–H and O–H groups in total. The molecule has 1 aliphatic carbocycles. The molecule has 1 heterocycles. The number of ether oxygens (including phenoxy) is 1. The summed E-state index contributed by atoms with van der Waals surface area (Å²) in [6, 6.07) is 16.1. The van der Waals surface area contributed by atoms with Gasteiger partial charge in [-0.05, 0) is 28.2 Å². The molecular weight excluding hydrogens is 426 g/mol. The van der Waals surface area contributed by atoms with Crippen LogP contribution in [0.4, 0.5) is 10.7 Å². The minimum absolute atomic E-state index is 0.0891. The van der Waals surface area contributed by atoms with Crippen molar-refractivity contribution < 1.29 is 28.8 Å². The number of carbonyl (C=O) groups excluding carboxylic acids is 2. The van der Waals surface area contributed by atoms with Crippen LogP contribution in [0.2, 0.25) is 0 Å². The van der Waals surface area contributed by atoms with E-state index in [4.69, 9.17) is 9.26 Å². The fourth-order valence-corrected chi connectivity index (χ4v) is 3.90. The molecule has 3 aromatic rings. The summed E-state index contributed by atoms with van der Waals surface area (Å²) in [5.41, 5.74) is 4.26. The first kappa shape index (κ1) is 22.1. The summed E-state index contributed by atoms with van der Waals surface area (Å²) in [4.78, 5) is 35.8. The molecule has 33 heavy (non-hydrogen) atoms. The van der Waals surface area contributed by atoms with Gasteiger partial charge >= 0.3 is 12.1 Å². The summed E-state index contributed by atoms with van der Waals surface area (Å²) in [6.07, 6.45) is -0.759. The van der Waals surface area contributed by atoms with E-state index in [9.17, 15) is 19.5 Å². The lowest BCUT2D eigenvalue weighted by atomic mass is 9.98. The molecule has 2 amide bonds. The minimum Gasteiger partial charge on any atom is -0.480 e. The molecule has 0 spiro atoms. The van der Waals surface area contributed by atoms with Crippen molar-refractivity contribution in [2.75, 3.05) is 11.9 Å². The van der Waals surface area contributed by atoms with Crippen molar-refractivity contribution in [2.45, 2.75) is 25.8 Å². The van der Waals surface area contributed by atoms with Gasteiger partial charge < -0.3 is 19.7 Å². The van der Waals surface area contributed by atoms with E-state index in [1.807, 2.05) is 48.5 Å². The number of hydrogen-bond donors (Lipinski definition) is 3. The number of fused-ring (bicyclic) bond motifs is 3. The van der Waals surface area contributed by atoms with Gasteiger partial charge in [0.05, 0.1) is 0 Å². The van der Waals surface area contributed by atoms with E-state index in [0.29, 0.717) is 0 Å². The number of nitrogens with one attached hydrogen (secondary N) is 2. The zero-order valence-corrected chi connectivity index (χ0v) is 18.1. The van der Waals surface area contributed by atoms with Crippen LogP contribution in [-0.2, 0) is 9.53 Å². The van der Waals surface area contributed by atoms with Gasteiger partial charge in [0, 0.05) is 12.0 Å². The summed E-state index contributed by atoms with van der Waals surface area (Å²) in [6.45, 7) is 3.47. The van der Waals surface area contributed by atoms with Crippen LogP contribution in [-0.4, -0.2) is 40.9 Å². The summed E-state index contributed by atoms with van der Waals surface area (Å²) in [5, 5.41) is 17.6. The van der Waals surface area contributed by atoms with Crippen LogP contribution in [0.3, 0.4) is 0 Å². The van der Waals surface area contributed by atoms with Crippen LogP contribution >= 0.6 is 0 Å². The Morgan fingerprint density at radius 3 is 2.24 bits per heavy atom. The molecule has 0 fully saturated rings. The van der Waals surface area contributed by atoms with Gasteiger partial charge in [-0.3, -0.25) is 10.1 Å². The van der Waals surface area contributed by atoms with Crippen LogP contribution in [0.1, 0.15) is 41.4 Å². The van der Waals surface area contributed by atoms with E-state index in [0.717, 1.165) is 22.3 Å². The van der Waals surface area contributed by atoms with Gasteiger partial charge in [-0.2, -0.15) is 0 Å². The molecule has 0 saturated heterocycles. The SMILES string of the molecule is CC(C)[C@H](NC(=O)c1cc(NC(=O)OCC2c3ccccc3-c3ccccc32)on1)C(=O)O. The lowest BCUT2D eigenvalue weighted by Gasteiger charge is -2.16. The normalized spacial score (nSPS) is 13.2. The van der Waals surface area contributed by atoms with Crippen molar-refractivity contribution >= 4 is 23.9 Å². The number of hydrogen-bond acceptors (Lipinski definition) is 6. The molecule has 0 radical (unpaired) electrons. The number of anilines is 1. The second-order valence-electron chi connectivity index (χ2n) is 8.06. The maximum absolute atomic E-state index is 12.3. The Kier molecular flexibility index (Phi) is 6.12. The van der Waals surface area contributed by atoms with Gasteiger partial charge in [-0.1, -0.05) is 67.5 Å². The molecular formula is C24H23N3O6. The van der Waals surface area contributed by atoms with E-state index in [1.54, 1.807) is 13.8 Å². The van der Waals surface area contributed by atoms with Crippen LogP contribution in [0.25, 0.3) is 11.1 Å². The molecule has 1 aliphatic rings. The van der Waals surface area contributed by atoms with Crippen molar-refractivity contribution in [3.05, 3.63) is 71.4 Å². The van der Waals surface area contributed by atoms with Crippen LogP contribution in [0.15, 0.2) is 59.1 Å². The highest BCUT2D eigenvalue weighted by Crippen LogP contribution is 2.44. The number of amides is 2. The largest absolute Gasteiger partial charge is 0.480 e. The summed E-state index contributed by atoms with van der Waals surface area (Å²) in [5.74, 6) is -2.38. The van der Waals surface area contributed by atoms with Crippen LogP contribution < -0.4 is 10.6 Å². The predicted molar refractivity (Wildman–Crippen MR) is 119 cm³/mol. The quantitative estimate of drug-likeness (QED) is 0.499. The molecule has 0 aliphatic heterocycles. The van der Waals surface area contributed by atoms with Crippen molar-refractivity contribution in [1.82, 2.24) is 10.5 Å². The molecule has 9 heteroatoms. The van der Waals surface area contributed by atoms with Gasteiger partial charge in [-0.25, -0.2) is 9.59 Å². The Balaban J connectivity index is 1.37. The first-order valence-electron chi connectivity index (χ1n) is 10.5. The Bertz CT molecular complexity index is 1160. The molecule has 9 nitrogen and oxygen atoms in total. The van der Waals surface area contributed by atoms with Gasteiger partial charge in [0.2, 0.25) is 5.88 Å². The van der Waals surface area contributed by atoms with Crippen molar-refractivity contribution in [3.8, 4) is 11.1 Å². The molecule has 170 valence electrons. The molecule has 0 saturated carbocycles. The third-order valence-corrected chi connectivity index (χ3v) is 5.53. The number of carbonyl (C=O) groups is 3. The molecule has 1 aromatic heterocycles. The van der Waals surface area contributed by atoms with Crippen LogP contribution in [0.5, 0.6) is 0 Å². The fourth-order valence-electron chi connectivity index (χ4n) is 3.90. The second kappa shape index (κ2) is 9.15. The number of nitrogens with zero attached hydrogens (tertiary/aromatic N) is 1. The highest BCUT2D eigenvalue weighted by atomic mass is 16.6. The van der Waals surface area contributed by atoms with Crippen LogP contribution in [0, 0.1) is 5.92 Å². The third-order valence-electron chi connectivity index (χ3n) is 5.53. The first-order chi connectivity index (χ1) is 15.8. The number of carboxylic acid groups (broad SMARTS) is 1. The first-order valence-corrected chi connectivity index (χ1v) is 10.5. The highest BCUT2D eigenvalue weighted by molar-refractivity contribution is 5.96. The second-order valence-corrected chi connectivity index (χ2v) is 8.06. The zero-order valence-electron chi connectivity index (χ0n) is 18.1. The smallest absolute Gasteiger partial charge is 0.414 e. The lowest BCUT2D eigenvalue weighted by molar-refractivity contribution is -0.140. The van der Waals surface area contributed by atoms with E-state index in [2.05, 4.69) is 15.8 Å². The Morgan fingerprint density at radius 2 is 1.67 bits per heavy atom. The van der Waals surface area contributed by atoms with Gasteiger partial charge in [0.25, 0.3) is 5.91 Å². The highest BCUT2D eigenvalue weighted by Gasteiger charge is 2.29. The topological polar surface area (TPSA) is 131 Å². The van der Waals surface area contributed by atoms with Gasteiger partial charge in [-0.15, -0.1) is 0 Å². The van der Waals surface area contributed by atoms with Crippen molar-refractivity contribution in [2.24, 2.45) is 5.92 Å². The molecule has 0 bridgehead atoms. The number of carboxylic acids is 1. The average Bonchev–Trinajstić information content (AvgIpc) is 3.38. The minimum atomic E-state index is -1.15. The number of aromatic nitrogens is 1. The fraction of sp³-hybridized carbons (Fsp3) is 0.250. The standard InChI is InChI=1S/C24H23N3O6/c1-13(2)21(23(29)30)26-22(28)19-11-20(33-27-19)25-24(31)32-12-18-16-9-5-3-7-14(16)15-8-4-6-10-17(15)18/h3-11,13,18,21H,12H2,1-2H3,(H,25,31)(H,26,28)(H,29,30)/t21-/m0/s1. The number of rotatable bonds is 7. The lowest BCUT2D eigenvalue weighted by Crippen LogP contribution is -2.44. The Hall–Kier alpha value is -4.14. The Morgan fingerprint density at radius 1 is 1.06 bits per heavy atom. The van der Waals surface area contributed by atoms with Gasteiger partial charge in [0.15, 0.2) is 5.69 Å². The third kappa shape index (κ3) is 4.57. The Labute approximate surface area is 189 Å². The van der Waals surface area contributed by atoms with E-state index in [-0.39, 0.29) is 30.0 Å². The number of aliphatic carboxylic acids is 1. The van der Waals surface area contributed by atoms with E-state index in [1.165, 1.54) is 6.07 Å². The average molecular weight is 449 g/mol. The zero-order chi connectivity index (χ0) is 23.5. The summed E-state index contributed by atoms with van der Waals surface area (Å²) in [7, 11) is 0. The maximum Gasteiger partial charge on any atom is 0.414 e. The summed E-state index contributed by atoms with van der Waals surface area (Å²) < 4.78 is 10.4. The molecule has 1 atom stereocenters. The van der Waals surface area contributed by atoms with Crippen molar-refractivity contribution in [1.29, 1.82) is 0 Å². The number of benzene rings is 2. The molecule has 0 unspecified atom stereocenters. The van der Waals surface area contributed by atoms with E-state index >= 15 is 0 Å². The predicted octanol–water partition coefficient (Wildman–Crippen LogP) is 3.87. The van der Waals surface area contributed by atoms with E-state index < -0.39 is 24.0 Å². The maximum atomic E-state index is 12.3. The molecule has 2 aromatic carbocycles.